The Morgan fingerprint density at radius 2 is 0.636 bits per heavy atom. The van der Waals surface area contributed by atoms with Crippen LogP contribution in [-0.4, -0.2) is 85.9 Å². The third kappa shape index (κ3) is 23.0. The summed E-state index contributed by atoms with van der Waals surface area (Å²) in [4.78, 5) is 97.8. The third-order valence-electron chi connectivity index (χ3n) is 18.6. The number of hydrogen-bond acceptors (Lipinski definition) is 16. The summed E-state index contributed by atoms with van der Waals surface area (Å²) in [6, 6.07) is 50.8. The van der Waals surface area contributed by atoms with Crippen LogP contribution >= 0.6 is 46.4 Å². The molecule has 0 saturated heterocycles. The highest BCUT2D eigenvalue weighted by Gasteiger charge is 2.30. The molecule has 4 N–H and O–H groups in total. The van der Waals surface area contributed by atoms with Gasteiger partial charge >= 0.3 is 0 Å². The molecule has 8 aromatic carbocycles. The molecule has 612 valence electrons. The van der Waals surface area contributed by atoms with E-state index in [1.165, 1.54) is 53.9 Å². The minimum atomic E-state index is -0.551. The number of carbonyl (C=O) groups excluding carboxylic acids is 8. The molecule has 0 bridgehead atoms. The van der Waals surface area contributed by atoms with E-state index < -0.39 is 5.82 Å². The van der Waals surface area contributed by atoms with Crippen molar-refractivity contribution in [2.45, 2.75) is 114 Å². The van der Waals surface area contributed by atoms with Gasteiger partial charge in [-0.1, -0.05) is 168 Å². The Morgan fingerprint density at radius 3 is 0.941 bits per heavy atom. The van der Waals surface area contributed by atoms with E-state index in [9.17, 15) is 42.7 Å². The number of Topliss-reactive ketones (excluding diaryl/α,β-unsaturated/α-hetero) is 4. The number of nitrogens with one attached hydrogen (secondary N) is 4. The number of aryl methyl sites for hydroxylation is 9. The second-order valence-corrected chi connectivity index (χ2v) is 29.5. The van der Waals surface area contributed by atoms with Gasteiger partial charge in [-0.2, -0.15) is 20.4 Å². The second kappa shape index (κ2) is 39.9. The maximum absolute atomic E-state index is 13.6. The molecule has 4 atom stereocenters. The van der Waals surface area contributed by atoms with Crippen LogP contribution in [0, 0.1) is 40.4 Å². The summed E-state index contributed by atoms with van der Waals surface area (Å²) in [6.07, 6.45) is 0. The first-order valence-corrected chi connectivity index (χ1v) is 38.6. The maximum Gasteiger partial charge on any atom is 0.259 e. The molecule has 0 spiro atoms. The fraction of sp³-hybridized carbons (Fsp3) is 0.236. The van der Waals surface area contributed by atoms with Gasteiger partial charge in [0.05, 0.1) is 52.0 Å². The molecule has 0 aliphatic heterocycles. The van der Waals surface area contributed by atoms with E-state index in [0.29, 0.717) is 101 Å². The smallest absolute Gasteiger partial charge is 0.259 e. The molecule has 24 nitrogen and oxygen atoms in total. The van der Waals surface area contributed by atoms with Gasteiger partial charge in [0.25, 0.3) is 23.6 Å². The molecule has 0 saturated carbocycles. The zero-order valence-corrected chi connectivity index (χ0v) is 71.0. The normalized spacial score (nSPS) is 11.8. The van der Waals surface area contributed by atoms with E-state index >= 15 is 0 Å². The summed E-state index contributed by atoms with van der Waals surface area (Å²) in [6.45, 7) is 22.5. The fourth-order valence-corrected chi connectivity index (χ4v) is 13.0. The van der Waals surface area contributed by atoms with Crippen LogP contribution in [-0.2, 0) is 28.2 Å². The van der Waals surface area contributed by atoms with Crippen LogP contribution in [0.15, 0.2) is 182 Å². The average molecular weight is 1680 g/mol. The second-order valence-electron chi connectivity index (χ2n) is 27.9. The number of amides is 4. The summed E-state index contributed by atoms with van der Waals surface area (Å²) in [7, 11) is 6.78. The Morgan fingerprint density at radius 1 is 0.347 bits per heavy atom. The van der Waals surface area contributed by atoms with Gasteiger partial charge in [0.15, 0.2) is 23.1 Å². The van der Waals surface area contributed by atoms with Gasteiger partial charge in [-0.25, -0.2) is 23.1 Å². The highest BCUT2D eigenvalue weighted by molar-refractivity contribution is 6.43. The van der Waals surface area contributed by atoms with Crippen molar-refractivity contribution in [2.75, 3.05) is 0 Å². The van der Waals surface area contributed by atoms with Gasteiger partial charge in [0.2, 0.25) is 23.5 Å². The molecule has 12 aromatic rings. The largest absolute Gasteiger partial charge is 0.438 e. The van der Waals surface area contributed by atoms with Crippen LogP contribution in [0.1, 0.15) is 213 Å². The van der Waals surface area contributed by atoms with Crippen molar-refractivity contribution in [3.05, 3.63) is 303 Å². The van der Waals surface area contributed by atoms with Gasteiger partial charge in [-0.15, -0.1) is 0 Å². The van der Waals surface area contributed by atoms with Crippen LogP contribution in [0.2, 0.25) is 20.1 Å². The van der Waals surface area contributed by atoms with Crippen molar-refractivity contribution in [1.82, 2.24) is 60.4 Å². The molecule has 118 heavy (non-hydrogen) atoms. The molecular weight excluding hydrogens is 1590 g/mol. The molecule has 0 aliphatic rings. The number of halogens is 5. The summed E-state index contributed by atoms with van der Waals surface area (Å²) < 4.78 is 43.2. The Bertz CT molecular complexity index is 5530. The Kier molecular flexibility index (Phi) is 30.2. The molecule has 0 fully saturated rings. The molecule has 29 heteroatoms. The fourth-order valence-electron chi connectivity index (χ4n) is 12.3. The molecule has 4 amide bonds. The van der Waals surface area contributed by atoms with Crippen molar-refractivity contribution in [3.63, 3.8) is 0 Å². The lowest BCUT2D eigenvalue weighted by Crippen LogP contribution is -2.27. The van der Waals surface area contributed by atoms with Gasteiger partial charge < -0.3 is 40.2 Å². The zero-order chi connectivity index (χ0) is 86.3. The number of benzene rings is 8. The first-order valence-electron chi connectivity index (χ1n) is 37.1. The van der Waals surface area contributed by atoms with Crippen molar-refractivity contribution in [1.29, 1.82) is 0 Å². The van der Waals surface area contributed by atoms with Crippen molar-refractivity contribution < 1.29 is 61.7 Å². The first kappa shape index (κ1) is 89.4. The van der Waals surface area contributed by atoms with E-state index in [2.05, 4.69) is 41.7 Å². The minimum Gasteiger partial charge on any atom is -0.438 e. The summed E-state index contributed by atoms with van der Waals surface area (Å²) in [5.41, 5.74) is 10.5. The van der Waals surface area contributed by atoms with Crippen LogP contribution < -0.4 is 40.2 Å². The van der Waals surface area contributed by atoms with Gasteiger partial charge in [0.1, 0.15) is 56.1 Å². The monoisotopic (exact) mass is 1680 g/mol. The molecule has 4 aromatic heterocycles. The quantitative estimate of drug-likeness (QED) is 0.0409. The molecule has 0 unspecified atom stereocenters. The Labute approximate surface area is 702 Å². The number of hydrogen-bond donors (Lipinski definition) is 4. The minimum absolute atomic E-state index is 0.00188. The predicted octanol–water partition coefficient (Wildman–Crippen LogP) is 19.9. The van der Waals surface area contributed by atoms with Crippen LogP contribution in [0.25, 0.3) is 0 Å². The molecule has 0 radical (unpaired) electrons. The molecule has 12 rings (SSSR count). The standard InChI is InChI=1S/C23H25N3O3.C22H21Cl2N3O3.C22H21ClFN3O3.C22H22ClN3O3/c1-14-7-6-8-20(13-14)29-23-21(16(3)25-26(23)5)22(28)24-15(2)18-9-11-19(12-10-18)17(4)27;1-12(15-8-10-16(11-9-15)14(3)28)25-21(29)19-13(2)26-27(4)22(19)30-18-7-5-6-17(23)20(18)24;1-12(15-5-7-16(8-6-15)14(3)28)25-21(29)20-13(2)26-27(4)22(20)30-19-10-17(23)9-18(24)11-19;1-13(16-8-10-17(11-9-16)15(3)27)24-21(28)20-14(2)25-26(4)22(20)29-19-7-5-6-18(23)12-19/h6-13,15H,1-5H3,(H,24,28);2*5-12H,1-4H3,(H,25,29);5-13H,1-4H3,(H,24,28)/t15-;2*12-;13-/m0000/s1. The predicted molar refractivity (Wildman–Crippen MR) is 452 cm³/mol. The van der Waals surface area contributed by atoms with Crippen molar-refractivity contribution in [3.8, 4) is 46.5 Å². The number of ether oxygens (including phenoxy) is 4. The number of nitrogens with zero attached hydrogens (tertiary/aromatic N) is 8. The van der Waals surface area contributed by atoms with Crippen LogP contribution in [0.3, 0.4) is 0 Å². The topological polar surface area (TPSA) is 293 Å². The Balaban J connectivity index is 0.000000179. The van der Waals surface area contributed by atoms with Crippen LogP contribution in [0.4, 0.5) is 4.39 Å². The zero-order valence-electron chi connectivity index (χ0n) is 68.0. The molecule has 4 heterocycles. The third-order valence-corrected chi connectivity index (χ3v) is 19.9. The number of aromatic nitrogens is 8. The van der Waals surface area contributed by atoms with Crippen molar-refractivity contribution >= 4 is 93.2 Å². The maximum atomic E-state index is 13.6. The average Bonchev–Trinajstić information content (AvgIpc) is 1.67. The Hall–Kier alpha value is -12.6. The van der Waals surface area contributed by atoms with Crippen molar-refractivity contribution in [2.24, 2.45) is 28.2 Å². The van der Waals surface area contributed by atoms with Crippen LogP contribution in [0.5, 0.6) is 46.5 Å². The molecular formula is C89H89Cl4FN12O12. The summed E-state index contributed by atoms with van der Waals surface area (Å²) in [5.74, 6) is 0.954. The number of ketones is 4. The number of carbonyl (C=O) groups is 8. The summed E-state index contributed by atoms with van der Waals surface area (Å²) in [5, 5.41) is 30.4. The highest BCUT2D eigenvalue weighted by atomic mass is 35.5. The first-order chi connectivity index (χ1) is 55.8. The lowest BCUT2D eigenvalue weighted by molar-refractivity contribution is 0.0927. The number of rotatable bonds is 24. The van der Waals surface area contributed by atoms with Gasteiger partial charge in [-0.3, -0.25) is 38.4 Å². The summed E-state index contributed by atoms with van der Waals surface area (Å²) >= 11 is 24.2. The van der Waals surface area contributed by atoms with E-state index in [4.69, 9.17) is 65.4 Å². The van der Waals surface area contributed by atoms with Gasteiger partial charge in [0, 0.05) is 66.6 Å². The van der Waals surface area contributed by atoms with E-state index in [-0.39, 0.29) is 104 Å². The van der Waals surface area contributed by atoms with E-state index in [1.807, 2.05) is 95.3 Å². The molecule has 0 aliphatic carbocycles. The van der Waals surface area contributed by atoms with E-state index in [0.717, 1.165) is 33.9 Å². The highest BCUT2D eigenvalue weighted by Crippen LogP contribution is 2.38. The van der Waals surface area contributed by atoms with E-state index in [1.54, 1.807) is 164 Å². The lowest BCUT2D eigenvalue weighted by Gasteiger charge is -2.16. The van der Waals surface area contributed by atoms with Gasteiger partial charge in [-0.05, 0) is 172 Å². The SMILES string of the molecule is CC(=O)c1ccc([C@H](C)NC(=O)c2c(C)nn(C)c2Oc2cc(F)cc(Cl)c2)cc1.CC(=O)c1ccc([C@H](C)NC(=O)c2c(C)nn(C)c2Oc2cccc(C)c2)cc1.CC(=O)c1ccc([C@H](C)NC(=O)c2c(C)nn(C)c2Oc2cccc(Cl)c2)cc1.CC(=O)c1ccc([C@H](C)NC(=O)c2c(C)nn(C)c2Oc2cccc(Cl)c2Cl)cc1. The lowest BCUT2D eigenvalue weighted by atomic mass is 10.0.